The van der Waals surface area contributed by atoms with Gasteiger partial charge in [0.1, 0.15) is 18.9 Å². The maximum absolute atomic E-state index is 12.5. The van der Waals surface area contributed by atoms with Crippen molar-refractivity contribution >= 4 is 33.2 Å². The highest BCUT2D eigenvalue weighted by Gasteiger charge is 2.15. The molecule has 1 amide bonds. The fourth-order valence-electron chi connectivity index (χ4n) is 3.13. The van der Waals surface area contributed by atoms with E-state index in [1.54, 1.807) is 6.07 Å². The summed E-state index contributed by atoms with van der Waals surface area (Å²) in [5, 5.41) is 2.93. The van der Waals surface area contributed by atoms with Crippen molar-refractivity contribution in [2.45, 2.75) is 13.5 Å². The van der Waals surface area contributed by atoms with Crippen LogP contribution in [0.25, 0.3) is 5.65 Å². The number of pyridine rings is 1. The molecular weight excluding hydrogens is 424 g/mol. The van der Waals surface area contributed by atoms with Gasteiger partial charge in [-0.3, -0.25) is 9.69 Å². The van der Waals surface area contributed by atoms with E-state index in [1.807, 2.05) is 52.9 Å². The molecule has 1 aliphatic heterocycles. The van der Waals surface area contributed by atoms with Gasteiger partial charge in [0.05, 0.1) is 12.2 Å². The van der Waals surface area contributed by atoms with Crippen LogP contribution in [0.5, 0.6) is 11.5 Å². The molecule has 0 spiro atoms. The molecule has 0 saturated heterocycles. The number of amides is 1. The van der Waals surface area contributed by atoms with E-state index in [4.69, 9.17) is 9.47 Å². The molecule has 0 saturated carbocycles. The van der Waals surface area contributed by atoms with E-state index in [2.05, 4.69) is 26.2 Å². The van der Waals surface area contributed by atoms with Crippen LogP contribution in [0.4, 0.5) is 5.69 Å². The van der Waals surface area contributed by atoms with Crippen LogP contribution in [0.15, 0.2) is 47.2 Å². The van der Waals surface area contributed by atoms with Crippen molar-refractivity contribution in [3.05, 3.63) is 52.9 Å². The van der Waals surface area contributed by atoms with Crippen LogP contribution in [0.1, 0.15) is 12.6 Å². The molecule has 2 aromatic heterocycles. The summed E-state index contributed by atoms with van der Waals surface area (Å²) < 4.78 is 14.0. The van der Waals surface area contributed by atoms with Crippen molar-refractivity contribution < 1.29 is 14.3 Å². The number of anilines is 1. The van der Waals surface area contributed by atoms with Crippen LogP contribution in [0.3, 0.4) is 0 Å². The lowest BCUT2D eigenvalue weighted by Gasteiger charge is -2.20. The number of aromatic nitrogens is 2. The van der Waals surface area contributed by atoms with Crippen molar-refractivity contribution in [3.63, 3.8) is 0 Å². The molecule has 7 nitrogen and oxygen atoms in total. The number of likely N-dealkylation sites (N-methyl/N-ethyl adjacent to an activating group) is 1. The predicted octanol–water partition coefficient (Wildman–Crippen LogP) is 3.33. The average Bonchev–Trinajstić information content (AvgIpc) is 3.08. The maximum Gasteiger partial charge on any atom is 0.238 e. The zero-order chi connectivity index (χ0) is 19.5. The van der Waals surface area contributed by atoms with E-state index < -0.39 is 0 Å². The Morgan fingerprint density at radius 2 is 2.04 bits per heavy atom. The number of hydrogen-bond acceptors (Lipinski definition) is 5. The summed E-state index contributed by atoms with van der Waals surface area (Å²) in [5.74, 6) is 1.29. The molecular formula is C20H21BrN4O3. The van der Waals surface area contributed by atoms with Crippen LogP contribution >= 0.6 is 15.9 Å². The summed E-state index contributed by atoms with van der Waals surface area (Å²) in [4.78, 5) is 19.2. The maximum atomic E-state index is 12.5. The second-order valence-corrected chi connectivity index (χ2v) is 7.47. The third kappa shape index (κ3) is 4.28. The van der Waals surface area contributed by atoms with Crippen molar-refractivity contribution in [2.24, 2.45) is 0 Å². The number of imidazole rings is 1. The lowest BCUT2D eigenvalue weighted by Crippen LogP contribution is -2.32. The second kappa shape index (κ2) is 8.20. The van der Waals surface area contributed by atoms with Gasteiger partial charge in [-0.15, -0.1) is 0 Å². The minimum Gasteiger partial charge on any atom is -0.486 e. The van der Waals surface area contributed by atoms with Crippen LogP contribution in [0.2, 0.25) is 0 Å². The minimum atomic E-state index is -0.0787. The first-order chi connectivity index (χ1) is 13.6. The van der Waals surface area contributed by atoms with Gasteiger partial charge in [0.2, 0.25) is 5.91 Å². The fraction of sp³-hybridized carbons (Fsp3) is 0.300. The zero-order valence-corrected chi connectivity index (χ0v) is 17.1. The number of nitrogens with one attached hydrogen (secondary N) is 1. The number of carbonyl (C=O) groups is 1. The predicted molar refractivity (Wildman–Crippen MR) is 110 cm³/mol. The number of nitrogens with zero attached hydrogens (tertiary/aromatic N) is 3. The summed E-state index contributed by atoms with van der Waals surface area (Å²) in [6, 6.07) is 9.35. The molecule has 0 fully saturated rings. The van der Waals surface area contributed by atoms with Crippen molar-refractivity contribution in [1.29, 1.82) is 0 Å². The number of carbonyl (C=O) groups excluding carboxylic acids is 1. The molecule has 1 N–H and O–H groups in total. The molecule has 1 aliphatic rings. The molecule has 146 valence electrons. The molecule has 1 aromatic carbocycles. The van der Waals surface area contributed by atoms with E-state index in [0.29, 0.717) is 36.9 Å². The summed E-state index contributed by atoms with van der Waals surface area (Å²) in [6.07, 6.45) is 3.96. The first-order valence-electron chi connectivity index (χ1n) is 9.15. The molecule has 0 atom stereocenters. The number of halogens is 1. The van der Waals surface area contributed by atoms with E-state index in [9.17, 15) is 4.79 Å². The third-order valence-corrected chi connectivity index (χ3v) is 4.96. The SMILES string of the molecule is CCN(CC(=O)Nc1ccc2c(c1)OCCO2)Cc1cn2cc(Br)ccc2n1. The highest BCUT2D eigenvalue weighted by atomic mass is 79.9. The normalized spacial score (nSPS) is 13.1. The molecule has 3 heterocycles. The molecule has 0 bridgehead atoms. The Hall–Kier alpha value is -2.58. The molecule has 0 unspecified atom stereocenters. The summed E-state index contributed by atoms with van der Waals surface area (Å²) in [5.41, 5.74) is 2.50. The zero-order valence-electron chi connectivity index (χ0n) is 15.5. The Bertz CT molecular complexity index is 1000. The number of benzene rings is 1. The molecule has 0 aliphatic carbocycles. The quantitative estimate of drug-likeness (QED) is 0.631. The van der Waals surface area contributed by atoms with Gasteiger partial charge in [-0.1, -0.05) is 6.92 Å². The first kappa shape index (κ1) is 18.8. The van der Waals surface area contributed by atoms with Crippen molar-refractivity contribution in [1.82, 2.24) is 14.3 Å². The molecule has 3 aromatic rings. The van der Waals surface area contributed by atoms with E-state index in [0.717, 1.165) is 22.4 Å². The van der Waals surface area contributed by atoms with Crippen LogP contribution in [0, 0.1) is 0 Å². The molecule has 4 rings (SSSR count). The van der Waals surface area contributed by atoms with Gasteiger partial charge in [-0.25, -0.2) is 4.98 Å². The smallest absolute Gasteiger partial charge is 0.238 e. The molecule has 28 heavy (non-hydrogen) atoms. The Morgan fingerprint density at radius 3 is 2.86 bits per heavy atom. The van der Waals surface area contributed by atoms with E-state index in [1.165, 1.54) is 0 Å². The van der Waals surface area contributed by atoms with E-state index >= 15 is 0 Å². The number of rotatable bonds is 6. The van der Waals surface area contributed by atoms with Gasteiger partial charge in [0.25, 0.3) is 0 Å². The summed E-state index contributed by atoms with van der Waals surface area (Å²) >= 11 is 3.46. The van der Waals surface area contributed by atoms with Gasteiger partial charge >= 0.3 is 0 Å². The lowest BCUT2D eigenvalue weighted by atomic mass is 10.2. The van der Waals surface area contributed by atoms with Crippen LogP contribution in [-0.4, -0.2) is 46.5 Å². The fourth-order valence-corrected chi connectivity index (χ4v) is 3.48. The van der Waals surface area contributed by atoms with E-state index in [-0.39, 0.29) is 12.5 Å². The lowest BCUT2D eigenvalue weighted by molar-refractivity contribution is -0.117. The number of ether oxygens (including phenoxy) is 2. The highest BCUT2D eigenvalue weighted by molar-refractivity contribution is 9.10. The second-order valence-electron chi connectivity index (χ2n) is 6.55. The molecule has 0 radical (unpaired) electrons. The van der Waals surface area contributed by atoms with Gasteiger partial charge in [0, 0.05) is 35.2 Å². The third-order valence-electron chi connectivity index (χ3n) is 4.49. The number of fused-ring (bicyclic) bond motifs is 2. The summed E-state index contributed by atoms with van der Waals surface area (Å²) in [7, 11) is 0. The van der Waals surface area contributed by atoms with Crippen LogP contribution < -0.4 is 14.8 Å². The Balaban J connectivity index is 1.39. The number of hydrogen-bond donors (Lipinski definition) is 1. The van der Waals surface area contributed by atoms with Gasteiger partial charge in [-0.05, 0) is 46.7 Å². The highest BCUT2D eigenvalue weighted by Crippen LogP contribution is 2.32. The Labute approximate surface area is 171 Å². The van der Waals surface area contributed by atoms with Gasteiger partial charge in [0.15, 0.2) is 11.5 Å². The average molecular weight is 445 g/mol. The monoisotopic (exact) mass is 444 g/mol. The Morgan fingerprint density at radius 1 is 1.21 bits per heavy atom. The first-order valence-corrected chi connectivity index (χ1v) is 9.95. The van der Waals surface area contributed by atoms with Crippen molar-refractivity contribution in [2.75, 3.05) is 31.6 Å². The van der Waals surface area contributed by atoms with Crippen molar-refractivity contribution in [3.8, 4) is 11.5 Å². The Kier molecular flexibility index (Phi) is 5.50. The summed E-state index contributed by atoms with van der Waals surface area (Å²) in [6.45, 7) is 4.72. The van der Waals surface area contributed by atoms with Gasteiger partial charge in [-0.2, -0.15) is 0 Å². The van der Waals surface area contributed by atoms with Gasteiger partial charge < -0.3 is 19.2 Å². The van der Waals surface area contributed by atoms with Crippen LogP contribution in [-0.2, 0) is 11.3 Å². The largest absolute Gasteiger partial charge is 0.486 e. The minimum absolute atomic E-state index is 0.0787. The topological polar surface area (TPSA) is 68.1 Å². The molecule has 8 heteroatoms. The standard InChI is InChI=1S/C20H21BrN4O3/c1-2-24(11-16-12-25-10-14(21)3-6-19(25)22-16)13-20(26)23-15-4-5-17-18(9-15)28-8-7-27-17/h3-6,9-10,12H,2,7-8,11,13H2,1H3,(H,23,26).